The Balaban J connectivity index is 2.77. The zero-order valence-electron chi connectivity index (χ0n) is 9.15. The van der Waals surface area contributed by atoms with Gasteiger partial charge in [0, 0.05) is 12.7 Å². The molecule has 0 saturated carbocycles. The summed E-state index contributed by atoms with van der Waals surface area (Å²) in [5.41, 5.74) is 0. The van der Waals surface area contributed by atoms with Crippen LogP contribution in [0, 0.1) is 0 Å². The molecule has 5 nitrogen and oxygen atoms in total. The lowest BCUT2D eigenvalue weighted by Crippen LogP contribution is -2.28. The van der Waals surface area contributed by atoms with Gasteiger partial charge in [-0.25, -0.2) is 26.9 Å². The van der Waals surface area contributed by atoms with Crippen LogP contribution in [-0.4, -0.2) is 32.9 Å². The van der Waals surface area contributed by atoms with E-state index in [1.165, 1.54) is 12.1 Å². The number of halogens is 2. The number of hydrogen-bond acceptors (Lipinski definition) is 4. The summed E-state index contributed by atoms with van der Waals surface area (Å²) in [6, 6.07) is 2.78. The van der Waals surface area contributed by atoms with Gasteiger partial charge in [0.05, 0.1) is 6.54 Å². The standard InChI is InChI=1S/C9H13F2N3O2S/c1-2-12-9-4-3-7(5-13-9)17(15,16)14-6-8(10)11/h3-5,8,14H,2,6H2,1H3,(H,12,13). The van der Waals surface area contributed by atoms with Crippen LogP contribution in [0.3, 0.4) is 0 Å². The molecule has 0 aliphatic carbocycles. The first kappa shape index (κ1) is 13.8. The molecule has 0 aromatic carbocycles. The number of sulfonamides is 1. The zero-order chi connectivity index (χ0) is 12.9. The van der Waals surface area contributed by atoms with Crippen molar-refractivity contribution in [2.75, 3.05) is 18.4 Å². The Bertz CT molecular complexity index is 448. The summed E-state index contributed by atoms with van der Waals surface area (Å²) in [6.45, 7) is 1.62. The number of alkyl halides is 2. The fraction of sp³-hybridized carbons (Fsp3) is 0.444. The quantitative estimate of drug-likeness (QED) is 0.806. The van der Waals surface area contributed by atoms with Gasteiger partial charge in [0.15, 0.2) is 0 Å². The molecule has 1 rings (SSSR count). The first-order chi connectivity index (χ1) is 7.95. The van der Waals surface area contributed by atoms with Crippen molar-refractivity contribution in [2.45, 2.75) is 18.2 Å². The average Bonchev–Trinajstić information content (AvgIpc) is 2.28. The highest BCUT2D eigenvalue weighted by atomic mass is 32.2. The second-order valence-corrected chi connectivity index (χ2v) is 4.92. The predicted octanol–water partition coefficient (Wildman–Crippen LogP) is 1.06. The van der Waals surface area contributed by atoms with Gasteiger partial charge in [-0.1, -0.05) is 0 Å². The van der Waals surface area contributed by atoms with E-state index in [0.29, 0.717) is 12.4 Å². The van der Waals surface area contributed by atoms with Gasteiger partial charge in [-0.3, -0.25) is 0 Å². The number of rotatable bonds is 6. The maximum absolute atomic E-state index is 11.9. The molecule has 17 heavy (non-hydrogen) atoms. The van der Waals surface area contributed by atoms with E-state index in [0.717, 1.165) is 6.20 Å². The van der Waals surface area contributed by atoms with Crippen LogP contribution >= 0.6 is 0 Å². The first-order valence-electron chi connectivity index (χ1n) is 4.93. The molecule has 96 valence electrons. The number of hydrogen-bond donors (Lipinski definition) is 2. The Kier molecular flexibility index (Phi) is 4.76. The maximum atomic E-state index is 11.9. The smallest absolute Gasteiger partial charge is 0.251 e. The minimum absolute atomic E-state index is 0.139. The highest BCUT2D eigenvalue weighted by Crippen LogP contribution is 2.10. The summed E-state index contributed by atoms with van der Waals surface area (Å²) >= 11 is 0. The second kappa shape index (κ2) is 5.87. The molecule has 1 heterocycles. The molecule has 0 amide bonds. The first-order valence-corrected chi connectivity index (χ1v) is 6.41. The fourth-order valence-electron chi connectivity index (χ4n) is 1.08. The Morgan fingerprint density at radius 1 is 1.41 bits per heavy atom. The van der Waals surface area contributed by atoms with Crippen molar-refractivity contribution < 1.29 is 17.2 Å². The summed E-state index contributed by atoms with van der Waals surface area (Å²) in [6.07, 6.45) is -1.61. The summed E-state index contributed by atoms with van der Waals surface area (Å²) in [4.78, 5) is 3.70. The largest absolute Gasteiger partial charge is 0.370 e. The van der Waals surface area contributed by atoms with Crippen LogP contribution in [0.15, 0.2) is 23.2 Å². The van der Waals surface area contributed by atoms with Gasteiger partial charge in [0.25, 0.3) is 6.43 Å². The molecule has 2 N–H and O–H groups in total. The van der Waals surface area contributed by atoms with E-state index in [2.05, 4.69) is 10.3 Å². The molecule has 0 aliphatic heterocycles. The van der Waals surface area contributed by atoms with Crippen LogP contribution in [0.5, 0.6) is 0 Å². The Morgan fingerprint density at radius 2 is 2.12 bits per heavy atom. The molecular formula is C9H13F2N3O2S. The van der Waals surface area contributed by atoms with Gasteiger partial charge < -0.3 is 5.32 Å². The lowest BCUT2D eigenvalue weighted by Gasteiger charge is -2.07. The predicted molar refractivity (Wildman–Crippen MR) is 59.6 cm³/mol. The summed E-state index contributed by atoms with van der Waals surface area (Å²) in [5.74, 6) is 0.528. The van der Waals surface area contributed by atoms with Crippen LogP contribution in [0.2, 0.25) is 0 Å². The van der Waals surface area contributed by atoms with E-state index in [1.54, 1.807) is 4.72 Å². The van der Waals surface area contributed by atoms with Crippen molar-refractivity contribution in [3.8, 4) is 0 Å². The molecule has 0 atom stereocenters. The van der Waals surface area contributed by atoms with Gasteiger partial charge in [-0.2, -0.15) is 0 Å². The van der Waals surface area contributed by atoms with Gasteiger partial charge in [0.1, 0.15) is 10.7 Å². The monoisotopic (exact) mass is 265 g/mol. The van der Waals surface area contributed by atoms with Gasteiger partial charge in [0.2, 0.25) is 10.0 Å². The van der Waals surface area contributed by atoms with Crippen LogP contribution < -0.4 is 10.0 Å². The highest BCUT2D eigenvalue weighted by molar-refractivity contribution is 7.89. The number of anilines is 1. The number of pyridine rings is 1. The topological polar surface area (TPSA) is 71.1 Å². The van der Waals surface area contributed by atoms with E-state index in [-0.39, 0.29) is 4.90 Å². The third kappa shape index (κ3) is 4.23. The molecule has 0 aliphatic rings. The van der Waals surface area contributed by atoms with Crippen LogP contribution in [-0.2, 0) is 10.0 Å². The van der Waals surface area contributed by atoms with Crippen molar-refractivity contribution in [1.29, 1.82) is 0 Å². The minimum Gasteiger partial charge on any atom is -0.370 e. The lowest BCUT2D eigenvalue weighted by molar-refractivity contribution is 0.153. The van der Waals surface area contributed by atoms with Crippen molar-refractivity contribution >= 4 is 15.8 Å². The van der Waals surface area contributed by atoms with Crippen molar-refractivity contribution in [1.82, 2.24) is 9.71 Å². The molecule has 0 radical (unpaired) electrons. The summed E-state index contributed by atoms with van der Waals surface area (Å²) in [5, 5.41) is 2.89. The zero-order valence-corrected chi connectivity index (χ0v) is 9.97. The molecule has 1 aromatic rings. The van der Waals surface area contributed by atoms with Gasteiger partial charge in [-0.05, 0) is 19.1 Å². The van der Waals surface area contributed by atoms with E-state index >= 15 is 0 Å². The Hall–Kier alpha value is -1.28. The molecule has 0 fully saturated rings. The van der Waals surface area contributed by atoms with Crippen molar-refractivity contribution in [3.05, 3.63) is 18.3 Å². The number of nitrogens with one attached hydrogen (secondary N) is 2. The van der Waals surface area contributed by atoms with E-state index in [4.69, 9.17) is 0 Å². The number of aromatic nitrogens is 1. The SMILES string of the molecule is CCNc1ccc(S(=O)(=O)NCC(F)F)cn1. The summed E-state index contributed by atoms with van der Waals surface area (Å²) in [7, 11) is -3.91. The fourth-order valence-corrected chi connectivity index (χ4v) is 2.03. The Morgan fingerprint density at radius 3 is 2.59 bits per heavy atom. The molecule has 0 spiro atoms. The molecular weight excluding hydrogens is 252 g/mol. The summed E-state index contributed by atoms with van der Waals surface area (Å²) < 4.78 is 48.6. The Labute approximate surface area is 98.3 Å². The number of nitrogens with zero attached hydrogens (tertiary/aromatic N) is 1. The van der Waals surface area contributed by atoms with E-state index in [9.17, 15) is 17.2 Å². The molecule has 0 unspecified atom stereocenters. The van der Waals surface area contributed by atoms with E-state index < -0.39 is 23.0 Å². The normalized spacial score (nSPS) is 11.8. The highest BCUT2D eigenvalue weighted by Gasteiger charge is 2.16. The lowest BCUT2D eigenvalue weighted by atomic mass is 10.4. The van der Waals surface area contributed by atoms with Crippen LogP contribution in [0.25, 0.3) is 0 Å². The molecule has 8 heteroatoms. The minimum atomic E-state index is -3.91. The van der Waals surface area contributed by atoms with Crippen LogP contribution in [0.1, 0.15) is 6.92 Å². The second-order valence-electron chi connectivity index (χ2n) is 3.15. The molecule has 1 aromatic heterocycles. The molecule has 0 saturated heterocycles. The van der Waals surface area contributed by atoms with Crippen molar-refractivity contribution in [3.63, 3.8) is 0 Å². The average molecular weight is 265 g/mol. The van der Waals surface area contributed by atoms with Gasteiger partial charge >= 0.3 is 0 Å². The van der Waals surface area contributed by atoms with Crippen molar-refractivity contribution in [2.24, 2.45) is 0 Å². The van der Waals surface area contributed by atoms with Crippen LogP contribution in [0.4, 0.5) is 14.6 Å². The third-order valence-corrected chi connectivity index (χ3v) is 3.24. The van der Waals surface area contributed by atoms with E-state index in [1.807, 2.05) is 6.92 Å². The molecule has 0 bridgehead atoms. The van der Waals surface area contributed by atoms with Gasteiger partial charge in [-0.15, -0.1) is 0 Å². The third-order valence-electron chi connectivity index (χ3n) is 1.83. The maximum Gasteiger partial charge on any atom is 0.251 e.